The lowest BCUT2D eigenvalue weighted by atomic mass is 10.0. The maximum atomic E-state index is 13.1. The fourth-order valence-electron chi connectivity index (χ4n) is 4.58. The molecule has 17 nitrogen and oxygen atoms in total. The second kappa shape index (κ2) is 11.5. The first kappa shape index (κ1) is 29.8. The second-order valence-corrected chi connectivity index (χ2v) is 12.8. The van der Waals surface area contributed by atoms with Crippen LogP contribution in [-0.2, 0) is 36.1 Å². The number of amides is 2. The molecule has 5 N–H and O–H groups in total. The first-order valence-electron chi connectivity index (χ1n) is 11.7. The summed E-state index contributed by atoms with van der Waals surface area (Å²) in [7, 11) is -4.56. The number of carboxylic acid groups (broad SMARTS) is 1. The SMILES string of the molecule is C[C@H](NS(=O)(=O)O)c1n(CC2=C(C(=O)[O-])N3C(=O)[C@@H](NC(=O)/C(=N\OCF)c4nsc(N)n4)[C@H]3SC2)cc2scc[n+]12. The first-order valence-corrected chi connectivity index (χ1v) is 15.8. The van der Waals surface area contributed by atoms with Crippen LogP contribution in [-0.4, -0.2) is 79.3 Å². The van der Waals surface area contributed by atoms with E-state index in [1.807, 2.05) is 0 Å². The van der Waals surface area contributed by atoms with Gasteiger partial charge in [0.2, 0.25) is 16.4 Å². The molecule has 22 heteroatoms. The van der Waals surface area contributed by atoms with Crippen molar-refractivity contribution in [3.63, 3.8) is 0 Å². The number of oxime groups is 1. The van der Waals surface area contributed by atoms with Crippen LogP contribution < -0.4 is 25.3 Å². The van der Waals surface area contributed by atoms with Crippen molar-refractivity contribution in [2.24, 2.45) is 5.16 Å². The van der Waals surface area contributed by atoms with E-state index in [1.54, 1.807) is 26.7 Å². The lowest BCUT2D eigenvalue weighted by Gasteiger charge is -2.50. The van der Waals surface area contributed by atoms with Gasteiger partial charge in [-0.15, -0.1) is 11.8 Å². The van der Waals surface area contributed by atoms with Crippen molar-refractivity contribution in [1.29, 1.82) is 0 Å². The number of nitrogen functional groups attached to an aromatic ring is 1. The minimum atomic E-state index is -4.56. The van der Waals surface area contributed by atoms with Gasteiger partial charge in [0.25, 0.3) is 24.5 Å². The molecule has 0 unspecified atom stereocenters. The van der Waals surface area contributed by atoms with E-state index in [0.29, 0.717) is 16.2 Å². The number of fused-ring (bicyclic) bond motifs is 2. The zero-order valence-corrected chi connectivity index (χ0v) is 24.4. The molecule has 2 aliphatic heterocycles. The Balaban J connectivity index is 1.40. The maximum Gasteiger partial charge on any atom is 0.334 e. The van der Waals surface area contributed by atoms with Gasteiger partial charge in [-0.1, -0.05) is 16.5 Å². The smallest absolute Gasteiger partial charge is 0.334 e. The summed E-state index contributed by atoms with van der Waals surface area (Å²) >= 11 is 3.27. The summed E-state index contributed by atoms with van der Waals surface area (Å²) in [5.74, 6) is -3.10. The van der Waals surface area contributed by atoms with Crippen molar-refractivity contribution in [2.75, 3.05) is 18.3 Å². The van der Waals surface area contributed by atoms with E-state index in [2.05, 4.69) is 29.4 Å². The number of aromatic nitrogens is 4. The van der Waals surface area contributed by atoms with Crippen LogP contribution in [0.1, 0.15) is 24.6 Å². The molecule has 0 spiro atoms. The average Bonchev–Trinajstić information content (AvgIpc) is 3.62. The summed E-state index contributed by atoms with van der Waals surface area (Å²) in [5, 5.41) is 19.0. The standard InChI is InChI=1S/C20H20FN9O8S4/c1-8(27-42(35,36)37)16-28(5-10-29(16)2-3-39-10)4-9-6-40-18-12(17(32)30(18)13(9)19(33)34)23-15(31)11(25-38-7-21)14-24-20(22)41-26-14/h2-3,5,8,12,18,27H,4,6-7H2,1H3,(H4-,22,23,24,26,31,33,34,35,36,37)/b25-11-/t8-,12+,18+/m0/s1. The molecule has 3 atom stereocenters. The van der Waals surface area contributed by atoms with Crippen molar-refractivity contribution >= 4 is 78.4 Å². The zero-order valence-electron chi connectivity index (χ0n) is 21.2. The van der Waals surface area contributed by atoms with Gasteiger partial charge >= 0.3 is 10.3 Å². The Bertz CT molecular complexity index is 1750. The fraction of sp³-hybridized carbons (Fsp3) is 0.350. The van der Waals surface area contributed by atoms with Gasteiger partial charge in [0.1, 0.15) is 36.4 Å². The van der Waals surface area contributed by atoms with Crippen molar-refractivity contribution in [2.45, 2.75) is 30.9 Å². The Kier molecular flexibility index (Phi) is 8.17. The number of thioether (sulfide) groups is 1. The number of carbonyl (C=O) groups is 3. The molecule has 0 radical (unpaired) electrons. The van der Waals surface area contributed by atoms with Crippen LogP contribution in [0.15, 0.2) is 34.2 Å². The number of rotatable bonds is 11. The molecule has 224 valence electrons. The normalized spacial score (nSPS) is 19.9. The van der Waals surface area contributed by atoms with Gasteiger partial charge in [0, 0.05) is 28.2 Å². The van der Waals surface area contributed by atoms with Crippen molar-refractivity contribution in [3.05, 3.63) is 40.7 Å². The summed E-state index contributed by atoms with van der Waals surface area (Å²) in [4.78, 5) is 48.2. The molecule has 3 aromatic rings. The number of hydrogen-bond acceptors (Lipinski definition) is 14. The lowest BCUT2D eigenvalue weighted by Crippen LogP contribution is -2.71. The van der Waals surface area contributed by atoms with Gasteiger partial charge < -0.3 is 25.8 Å². The largest absolute Gasteiger partial charge is 0.543 e. The number of imidazole rings is 1. The number of nitrogens with two attached hydrogens (primary N) is 1. The highest BCUT2D eigenvalue weighted by atomic mass is 32.2. The molecule has 3 aromatic heterocycles. The number of nitrogens with zero attached hydrogens (tertiary/aromatic N) is 6. The van der Waals surface area contributed by atoms with Crippen molar-refractivity contribution in [1.82, 2.24) is 28.9 Å². The van der Waals surface area contributed by atoms with E-state index in [4.69, 9.17) is 5.73 Å². The summed E-state index contributed by atoms with van der Waals surface area (Å²) in [6, 6.07) is -2.09. The summed E-state index contributed by atoms with van der Waals surface area (Å²) < 4.78 is 54.0. The zero-order chi connectivity index (χ0) is 30.3. The highest BCUT2D eigenvalue weighted by molar-refractivity contribution is 8.00. The topological polar surface area (TPSA) is 238 Å². The Morgan fingerprint density at radius 2 is 2.21 bits per heavy atom. The van der Waals surface area contributed by atoms with E-state index in [9.17, 15) is 36.9 Å². The molecule has 5 heterocycles. The Labute approximate surface area is 247 Å². The van der Waals surface area contributed by atoms with E-state index >= 15 is 0 Å². The fourth-order valence-corrected chi connectivity index (χ4v) is 7.68. The molecular formula is C20H20FN9O8S4. The highest BCUT2D eigenvalue weighted by Crippen LogP contribution is 2.40. The number of thiazole rings is 1. The summed E-state index contributed by atoms with van der Waals surface area (Å²) in [6.07, 6.45) is 3.37. The van der Waals surface area contributed by atoms with Gasteiger partial charge in [0.05, 0.1) is 11.7 Å². The van der Waals surface area contributed by atoms with Crippen LogP contribution in [0.5, 0.6) is 0 Å². The Morgan fingerprint density at radius 3 is 2.86 bits per heavy atom. The van der Waals surface area contributed by atoms with Crippen LogP contribution in [0.25, 0.3) is 4.83 Å². The third-order valence-electron chi connectivity index (χ3n) is 6.12. The molecule has 0 aromatic carbocycles. The van der Waals surface area contributed by atoms with Gasteiger partial charge in [-0.3, -0.25) is 19.0 Å². The van der Waals surface area contributed by atoms with E-state index in [-0.39, 0.29) is 29.0 Å². The second-order valence-electron chi connectivity index (χ2n) is 8.78. The summed E-state index contributed by atoms with van der Waals surface area (Å²) in [6.45, 7) is 0.0957. The molecular weight excluding hydrogens is 642 g/mol. The molecule has 0 aliphatic carbocycles. The molecule has 0 saturated carbocycles. The van der Waals surface area contributed by atoms with E-state index in [1.165, 1.54) is 30.0 Å². The lowest BCUT2D eigenvalue weighted by molar-refractivity contribution is -0.520. The monoisotopic (exact) mass is 661 g/mol. The number of anilines is 1. The van der Waals surface area contributed by atoms with Crippen LogP contribution in [0.4, 0.5) is 9.52 Å². The Hall–Kier alpha value is -3.70. The van der Waals surface area contributed by atoms with Crippen LogP contribution in [0.2, 0.25) is 0 Å². The number of aliphatic carboxylic acids is 1. The third kappa shape index (κ3) is 5.67. The maximum absolute atomic E-state index is 13.1. The van der Waals surface area contributed by atoms with Gasteiger partial charge in [-0.2, -0.15) is 26.9 Å². The number of halogens is 1. The summed E-state index contributed by atoms with van der Waals surface area (Å²) in [5.41, 5.74) is 4.91. The van der Waals surface area contributed by atoms with Crippen molar-refractivity contribution in [3.8, 4) is 0 Å². The van der Waals surface area contributed by atoms with Crippen LogP contribution in [0, 0.1) is 0 Å². The quantitative estimate of drug-likeness (QED) is 0.0570. The molecule has 42 heavy (non-hydrogen) atoms. The number of hydrogen-bond donors (Lipinski definition) is 4. The van der Waals surface area contributed by atoms with Crippen LogP contribution in [0.3, 0.4) is 0 Å². The molecule has 0 bridgehead atoms. The molecule has 2 amide bonds. The molecule has 1 fully saturated rings. The molecule has 1 saturated heterocycles. The van der Waals surface area contributed by atoms with E-state index < -0.39 is 58.1 Å². The van der Waals surface area contributed by atoms with E-state index in [0.717, 1.165) is 16.4 Å². The van der Waals surface area contributed by atoms with Crippen LogP contribution >= 0.6 is 34.6 Å². The van der Waals surface area contributed by atoms with Gasteiger partial charge in [-0.25, -0.2) is 8.96 Å². The van der Waals surface area contributed by atoms with Crippen molar-refractivity contribution < 1.29 is 46.1 Å². The predicted octanol–water partition coefficient (Wildman–Crippen LogP) is -2.07. The Morgan fingerprint density at radius 1 is 1.45 bits per heavy atom. The number of β-lactam (4-membered cyclic amide) rings is 1. The minimum Gasteiger partial charge on any atom is -0.543 e. The number of carboxylic acids is 1. The number of alkyl halides is 1. The minimum absolute atomic E-state index is 0.00278. The third-order valence-corrected chi connectivity index (χ3v) is 9.45. The molecule has 5 rings (SSSR count). The average molecular weight is 662 g/mol. The number of nitrogens with one attached hydrogen (secondary N) is 2. The number of carbonyl (C=O) groups excluding carboxylic acids is 3. The van der Waals surface area contributed by atoms with Gasteiger partial charge in [-0.05, 0) is 6.92 Å². The molecule has 2 aliphatic rings. The highest BCUT2D eigenvalue weighted by Gasteiger charge is 2.53. The predicted molar refractivity (Wildman–Crippen MR) is 144 cm³/mol. The van der Waals surface area contributed by atoms with Gasteiger partial charge in [0.15, 0.2) is 5.13 Å². The first-order chi connectivity index (χ1) is 19.9.